The number of hydrogen-bond acceptors (Lipinski definition) is 3. The molecule has 1 aromatic heterocycles. The quantitative estimate of drug-likeness (QED) is 0.529. The maximum absolute atomic E-state index is 12.1. The summed E-state index contributed by atoms with van der Waals surface area (Å²) in [6.45, 7) is 0. The van der Waals surface area contributed by atoms with Crippen LogP contribution in [-0.4, -0.2) is 15.9 Å². The zero-order valence-corrected chi connectivity index (χ0v) is 15.1. The van der Waals surface area contributed by atoms with Gasteiger partial charge < -0.3 is 10.6 Å². The molecule has 3 nitrogen and oxygen atoms in total. The summed E-state index contributed by atoms with van der Waals surface area (Å²) >= 11 is 22.5. The first-order valence-corrected chi connectivity index (χ1v) is 8.60. The second kappa shape index (κ2) is 7.20. The predicted molar refractivity (Wildman–Crippen MR) is 93.6 cm³/mol. The number of benzene rings is 1. The second-order valence-corrected chi connectivity index (χ2v) is 8.31. The summed E-state index contributed by atoms with van der Waals surface area (Å²) in [7, 11) is 0. The highest BCUT2D eigenvalue weighted by molar-refractivity contribution is 9.10. The van der Waals surface area contributed by atoms with Gasteiger partial charge in [-0.15, -0.1) is 11.3 Å². The molecule has 1 aromatic carbocycles. The summed E-state index contributed by atoms with van der Waals surface area (Å²) in [5.41, 5.74) is 0.723. The molecule has 2 N–H and O–H groups in total. The maximum atomic E-state index is 12.1. The van der Waals surface area contributed by atoms with Gasteiger partial charge >= 0.3 is 0 Å². The molecule has 0 aliphatic carbocycles. The fraction of sp³-hybridized carbons (Fsp3) is 0.154. The Labute approximate surface area is 149 Å². The molecule has 0 saturated heterocycles. The van der Waals surface area contributed by atoms with Crippen molar-refractivity contribution >= 4 is 73.7 Å². The summed E-state index contributed by atoms with van der Waals surface area (Å²) in [5, 5.41) is 7.48. The number of anilines is 1. The van der Waals surface area contributed by atoms with Gasteiger partial charge in [0.05, 0.1) is 4.88 Å². The number of alkyl halides is 3. The number of hydrogen-bond donors (Lipinski definition) is 2. The van der Waals surface area contributed by atoms with Gasteiger partial charge in [-0.3, -0.25) is 4.79 Å². The smallest absolute Gasteiger partial charge is 0.263 e. The lowest BCUT2D eigenvalue weighted by Gasteiger charge is -2.27. The third kappa shape index (κ3) is 5.04. The standard InChI is InChI=1S/C13H10BrCl3N2OS/c14-8-3-5-9(6-4-8)18-12(13(15,16)17)19-11(20)10-2-1-7-21-10/h1-7,12,18H,(H,19,20). The van der Waals surface area contributed by atoms with E-state index in [1.165, 1.54) is 11.3 Å². The van der Waals surface area contributed by atoms with E-state index in [0.29, 0.717) is 4.88 Å². The van der Waals surface area contributed by atoms with Crippen molar-refractivity contribution in [3.63, 3.8) is 0 Å². The summed E-state index contributed by atoms with van der Waals surface area (Å²) in [4.78, 5) is 12.6. The van der Waals surface area contributed by atoms with Crippen LogP contribution in [0, 0.1) is 0 Å². The molecule has 2 rings (SSSR count). The Balaban J connectivity index is 2.12. The van der Waals surface area contributed by atoms with E-state index in [1.807, 2.05) is 24.3 Å². The molecular weight excluding hydrogens is 418 g/mol. The van der Waals surface area contributed by atoms with Gasteiger partial charge in [0.1, 0.15) is 6.17 Å². The van der Waals surface area contributed by atoms with Gasteiger partial charge in [-0.1, -0.05) is 56.8 Å². The van der Waals surface area contributed by atoms with E-state index < -0.39 is 9.96 Å². The minimum Gasteiger partial charge on any atom is -0.362 e. The first-order valence-electron chi connectivity index (χ1n) is 5.79. The second-order valence-electron chi connectivity index (χ2n) is 4.08. The molecule has 8 heteroatoms. The van der Waals surface area contributed by atoms with Crippen LogP contribution >= 0.6 is 62.1 Å². The van der Waals surface area contributed by atoms with E-state index in [2.05, 4.69) is 26.6 Å². The van der Waals surface area contributed by atoms with Gasteiger partial charge in [-0.25, -0.2) is 0 Å². The van der Waals surface area contributed by atoms with Crippen LogP contribution < -0.4 is 10.6 Å². The summed E-state index contributed by atoms with van der Waals surface area (Å²) in [6.07, 6.45) is -0.863. The number of nitrogens with one attached hydrogen (secondary N) is 2. The van der Waals surface area contributed by atoms with Crippen molar-refractivity contribution in [2.24, 2.45) is 0 Å². The van der Waals surface area contributed by atoms with Crippen molar-refractivity contribution < 1.29 is 4.79 Å². The van der Waals surface area contributed by atoms with Crippen molar-refractivity contribution in [1.29, 1.82) is 0 Å². The number of halogens is 4. The van der Waals surface area contributed by atoms with E-state index in [0.717, 1.165) is 10.2 Å². The molecule has 0 bridgehead atoms. The summed E-state index contributed by atoms with van der Waals surface area (Å²) in [5.74, 6) is -0.300. The van der Waals surface area contributed by atoms with Gasteiger partial charge in [0.15, 0.2) is 0 Å². The highest BCUT2D eigenvalue weighted by Crippen LogP contribution is 2.31. The highest BCUT2D eigenvalue weighted by atomic mass is 79.9. The van der Waals surface area contributed by atoms with Crippen LogP contribution in [0.5, 0.6) is 0 Å². The Morgan fingerprint density at radius 1 is 1.19 bits per heavy atom. The molecule has 112 valence electrons. The predicted octanol–water partition coefficient (Wildman–Crippen LogP) is 5.05. The topological polar surface area (TPSA) is 41.1 Å². The average molecular weight is 429 g/mol. The molecule has 0 saturated carbocycles. The normalized spacial score (nSPS) is 12.8. The van der Waals surface area contributed by atoms with Crippen molar-refractivity contribution in [3.05, 3.63) is 51.1 Å². The Hall–Kier alpha value is -0.460. The fourth-order valence-electron chi connectivity index (χ4n) is 1.52. The van der Waals surface area contributed by atoms with Crippen LogP contribution in [0.2, 0.25) is 0 Å². The van der Waals surface area contributed by atoms with Gasteiger partial charge in [0.25, 0.3) is 5.91 Å². The first kappa shape index (κ1) is 16.9. The molecule has 2 aromatic rings. The Bertz CT molecular complexity index is 599. The Morgan fingerprint density at radius 2 is 1.86 bits per heavy atom. The van der Waals surface area contributed by atoms with Crippen LogP contribution in [0.1, 0.15) is 9.67 Å². The number of carbonyl (C=O) groups excluding carboxylic acids is 1. The largest absolute Gasteiger partial charge is 0.362 e. The van der Waals surface area contributed by atoms with Crippen LogP contribution in [0.4, 0.5) is 5.69 Å². The number of carbonyl (C=O) groups is 1. The zero-order valence-electron chi connectivity index (χ0n) is 10.4. The molecule has 0 aliphatic heterocycles. The lowest BCUT2D eigenvalue weighted by molar-refractivity contribution is 0.0946. The Kier molecular flexibility index (Phi) is 5.80. The fourth-order valence-corrected chi connectivity index (χ4v) is 2.74. The molecule has 0 spiro atoms. The molecule has 1 atom stereocenters. The SMILES string of the molecule is O=C(NC(Nc1ccc(Br)cc1)C(Cl)(Cl)Cl)c1cccs1. The molecule has 21 heavy (non-hydrogen) atoms. The van der Waals surface area contributed by atoms with E-state index in [-0.39, 0.29) is 5.91 Å². The minimum atomic E-state index is -1.69. The van der Waals surface area contributed by atoms with E-state index in [1.54, 1.807) is 17.5 Å². The maximum Gasteiger partial charge on any atom is 0.263 e. The van der Waals surface area contributed by atoms with Gasteiger partial charge in [-0.2, -0.15) is 0 Å². The van der Waals surface area contributed by atoms with E-state index in [9.17, 15) is 4.79 Å². The van der Waals surface area contributed by atoms with Crippen LogP contribution in [0.25, 0.3) is 0 Å². The van der Waals surface area contributed by atoms with Crippen LogP contribution in [-0.2, 0) is 0 Å². The lowest BCUT2D eigenvalue weighted by Crippen LogP contribution is -2.48. The summed E-state index contributed by atoms with van der Waals surface area (Å²) in [6, 6.07) is 10.8. The van der Waals surface area contributed by atoms with Crippen molar-refractivity contribution in [3.8, 4) is 0 Å². The Morgan fingerprint density at radius 3 is 2.38 bits per heavy atom. The van der Waals surface area contributed by atoms with Crippen molar-refractivity contribution in [2.75, 3.05) is 5.32 Å². The monoisotopic (exact) mass is 426 g/mol. The highest BCUT2D eigenvalue weighted by Gasteiger charge is 2.34. The molecule has 0 aliphatic rings. The third-order valence-corrected chi connectivity index (χ3v) is 4.55. The minimum absolute atomic E-state index is 0.300. The van der Waals surface area contributed by atoms with E-state index in [4.69, 9.17) is 34.8 Å². The van der Waals surface area contributed by atoms with Crippen molar-refractivity contribution in [1.82, 2.24) is 5.32 Å². The van der Waals surface area contributed by atoms with Crippen molar-refractivity contribution in [2.45, 2.75) is 9.96 Å². The molecule has 1 heterocycles. The molecular formula is C13H10BrCl3N2OS. The van der Waals surface area contributed by atoms with Gasteiger partial charge in [0, 0.05) is 10.2 Å². The third-order valence-electron chi connectivity index (χ3n) is 2.50. The number of amides is 1. The molecule has 1 amide bonds. The number of thiophene rings is 1. The van der Waals surface area contributed by atoms with Gasteiger partial charge in [-0.05, 0) is 35.7 Å². The van der Waals surface area contributed by atoms with Crippen LogP contribution in [0.15, 0.2) is 46.3 Å². The van der Waals surface area contributed by atoms with E-state index >= 15 is 0 Å². The zero-order chi connectivity index (χ0) is 15.5. The molecule has 1 unspecified atom stereocenters. The first-order chi connectivity index (χ1) is 9.86. The summed E-state index contributed by atoms with van der Waals surface area (Å²) < 4.78 is -0.763. The number of rotatable bonds is 4. The van der Waals surface area contributed by atoms with Crippen LogP contribution in [0.3, 0.4) is 0 Å². The van der Waals surface area contributed by atoms with Gasteiger partial charge in [0.2, 0.25) is 3.79 Å². The average Bonchev–Trinajstić information content (AvgIpc) is 2.93. The lowest BCUT2D eigenvalue weighted by atomic mass is 10.3. The molecule has 0 fully saturated rings. The molecule has 0 radical (unpaired) electrons.